The van der Waals surface area contributed by atoms with E-state index < -0.39 is 5.60 Å². The molecule has 0 saturated heterocycles. The lowest BCUT2D eigenvalue weighted by atomic mass is 9.95. The summed E-state index contributed by atoms with van der Waals surface area (Å²) in [4.78, 5) is 14.3. The fourth-order valence-corrected chi connectivity index (χ4v) is 2.67. The van der Waals surface area contributed by atoms with E-state index in [4.69, 9.17) is 0 Å². The van der Waals surface area contributed by atoms with Crippen molar-refractivity contribution in [1.29, 1.82) is 0 Å². The Hall–Kier alpha value is -2.61. The van der Waals surface area contributed by atoms with Crippen molar-refractivity contribution in [3.63, 3.8) is 0 Å². The number of amides is 1. The number of hydrogen-bond donors (Lipinski definition) is 1. The van der Waals surface area contributed by atoms with E-state index in [2.05, 4.69) is 12.3 Å². The molecule has 104 valence electrons. The largest absolute Gasteiger partial charge is 0.372 e. The number of anilines is 1. The highest BCUT2D eigenvalue weighted by molar-refractivity contribution is 6.08. The molecule has 2 aromatic rings. The lowest BCUT2D eigenvalue weighted by Gasteiger charge is -2.20. The highest BCUT2D eigenvalue weighted by Crippen LogP contribution is 2.41. The average Bonchev–Trinajstić information content (AvgIpc) is 2.72. The van der Waals surface area contributed by atoms with Crippen LogP contribution >= 0.6 is 0 Å². The molecule has 1 atom stereocenters. The highest BCUT2D eigenvalue weighted by atomic mass is 16.3. The van der Waals surface area contributed by atoms with Crippen molar-refractivity contribution in [2.45, 2.75) is 12.1 Å². The van der Waals surface area contributed by atoms with Crippen LogP contribution < -0.4 is 4.90 Å². The number of carbonyl (C=O) groups excluding carboxylic acids is 1. The molecule has 1 heterocycles. The lowest BCUT2D eigenvalue weighted by Crippen LogP contribution is -2.38. The predicted octanol–water partition coefficient (Wildman–Crippen LogP) is 2.76. The number of aliphatic hydroxyl groups is 1. The standard InChI is InChI=1S/C18H15NO2/c1-2-12-18(21)15-10-6-7-11-16(15)19(17(18)20)13-14-8-4-3-5-9-14/h3-12,21H,1,13H2. The Morgan fingerprint density at radius 2 is 1.81 bits per heavy atom. The van der Waals surface area contributed by atoms with Crippen LogP contribution in [0.2, 0.25) is 0 Å². The zero-order valence-corrected chi connectivity index (χ0v) is 11.5. The van der Waals surface area contributed by atoms with Gasteiger partial charge >= 0.3 is 0 Å². The maximum atomic E-state index is 12.7. The average molecular weight is 277 g/mol. The number of rotatable bonds is 3. The van der Waals surface area contributed by atoms with E-state index in [0.29, 0.717) is 12.1 Å². The van der Waals surface area contributed by atoms with Gasteiger partial charge in [-0.05, 0) is 11.6 Å². The topological polar surface area (TPSA) is 40.5 Å². The normalized spacial score (nSPS) is 20.0. The molecular weight excluding hydrogens is 262 g/mol. The van der Waals surface area contributed by atoms with Gasteiger partial charge in [0.15, 0.2) is 5.60 Å². The van der Waals surface area contributed by atoms with Gasteiger partial charge < -0.3 is 10.0 Å². The van der Waals surface area contributed by atoms with Crippen LogP contribution in [0.3, 0.4) is 0 Å². The molecule has 1 aliphatic rings. The predicted molar refractivity (Wildman–Crippen MR) is 81.7 cm³/mol. The van der Waals surface area contributed by atoms with E-state index in [1.807, 2.05) is 42.5 Å². The van der Waals surface area contributed by atoms with Crippen molar-refractivity contribution in [1.82, 2.24) is 0 Å². The fourth-order valence-electron chi connectivity index (χ4n) is 2.67. The minimum absolute atomic E-state index is 0.372. The number of fused-ring (bicyclic) bond motifs is 1. The molecule has 0 bridgehead atoms. The third-order valence-electron chi connectivity index (χ3n) is 3.67. The van der Waals surface area contributed by atoms with Gasteiger partial charge in [0.2, 0.25) is 0 Å². The summed E-state index contributed by atoms with van der Waals surface area (Å²) in [7, 11) is 0. The van der Waals surface area contributed by atoms with Gasteiger partial charge in [0.25, 0.3) is 5.91 Å². The van der Waals surface area contributed by atoms with Gasteiger partial charge in [0, 0.05) is 11.6 Å². The highest BCUT2D eigenvalue weighted by Gasteiger charge is 2.47. The summed E-state index contributed by atoms with van der Waals surface area (Å²) >= 11 is 0. The van der Waals surface area contributed by atoms with Crippen LogP contribution in [0.1, 0.15) is 11.1 Å². The summed E-state index contributed by atoms with van der Waals surface area (Å²) in [5.41, 5.74) is 3.16. The van der Waals surface area contributed by atoms with Crippen LogP contribution in [-0.2, 0) is 16.9 Å². The van der Waals surface area contributed by atoms with E-state index in [1.165, 1.54) is 6.08 Å². The third-order valence-corrected chi connectivity index (χ3v) is 3.67. The maximum Gasteiger partial charge on any atom is 0.268 e. The zero-order chi connectivity index (χ0) is 14.9. The second kappa shape index (κ2) is 5.06. The van der Waals surface area contributed by atoms with Crippen LogP contribution in [0.25, 0.3) is 0 Å². The first-order chi connectivity index (χ1) is 10.2. The summed E-state index contributed by atoms with van der Waals surface area (Å²) in [6.45, 7) is 3.90. The van der Waals surface area contributed by atoms with Gasteiger partial charge in [-0.25, -0.2) is 0 Å². The fraction of sp³-hybridized carbons (Fsp3) is 0.111. The molecule has 3 heteroatoms. The molecule has 0 spiro atoms. The minimum Gasteiger partial charge on any atom is -0.372 e. The van der Waals surface area contributed by atoms with Crippen molar-refractivity contribution in [3.05, 3.63) is 84.1 Å². The molecule has 2 aromatic carbocycles. The molecule has 1 N–H and O–H groups in total. The Balaban J connectivity index is 2.07. The Morgan fingerprint density at radius 1 is 1.14 bits per heavy atom. The van der Waals surface area contributed by atoms with Crippen molar-refractivity contribution in [3.8, 4) is 0 Å². The van der Waals surface area contributed by atoms with Crippen LogP contribution in [0.5, 0.6) is 0 Å². The van der Waals surface area contributed by atoms with E-state index in [0.717, 1.165) is 11.3 Å². The van der Waals surface area contributed by atoms with Crippen LogP contribution in [0.4, 0.5) is 5.69 Å². The molecule has 0 saturated carbocycles. The summed E-state index contributed by atoms with van der Waals surface area (Å²) in [5, 5.41) is 10.7. The SMILES string of the molecule is C=C=CC1(O)C(=O)N(Cc2ccccc2)c2ccccc21. The molecule has 0 aliphatic carbocycles. The van der Waals surface area contributed by atoms with Gasteiger partial charge in [0.1, 0.15) is 0 Å². The number of carbonyl (C=O) groups is 1. The van der Waals surface area contributed by atoms with Crippen molar-refractivity contribution in [2.24, 2.45) is 0 Å². The molecule has 3 nitrogen and oxygen atoms in total. The number of hydrogen-bond acceptors (Lipinski definition) is 2. The second-order valence-corrected chi connectivity index (χ2v) is 5.01. The number of nitrogens with zero attached hydrogens (tertiary/aromatic N) is 1. The molecular formula is C18H15NO2. The van der Waals surface area contributed by atoms with Crippen LogP contribution in [0, 0.1) is 0 Å². The first-order valence-corrected chi connectivity index (χ1v) is 6.71. The molecule has 0 radical (unpaired) electrons. The Morgan fingerprint density at radius 3 is 2.52 bits per heavy atom. The molecule has 1 unspecified atom stereocenters. The maximum absolute atomic E-state index is 12.7. The summed E-state index contributed by atoms with van der Waals surface area (Å²) in [6, 6.07) is 17.0. The summed E-state index contributed by atoms with van der Waals surface area (Å²) < 4.78 is 0. The van der Waals surface area contributed by atoms with E-state index in [9.17, 15) is 9.90 Å². The minimum atomic E-state index is -1.67. The third kappa shape index (κ3) is 2.09. The van der Waals surface area contributed by atoms with E-state index >= 15 is 0 Å². The molecule has 3 rings (SSSR count). The van der Waals surface area contributed by atoms with Gasteiger partial charge in [-0.2, -0.15) is 0 Å². The quantitative estimate of drug-likeness (QED) is 0.876. The molecule has 21 heavy (non-hydrogen) atoms. The zero-order valence-electron chi connectivity index (χ0n) is 11.5. The van der Waals surface area contributed by atoms with E-state index in [-0.39, 0.29) is 5.91 Å². The van der Waals surface area contributed by atoms with Crippen molar-refractivity contribution < 1.29 is 9.90 Å². The molecule has 1 aliphatic heterocycles. The summed E-state index contributed by atoms with van der Waals surface area (Å²) in [5.74, 6) is -0.372. The first kappa shape index (κ1) is 13.4. The lowest BCUT2D eigenvalue weighted by molar-refractivity contribution is -0.131. The van der Waals surface area contributed by atoms with Gasteiger partial charge in [-0.1, -0.05) is 55.1 Å². The van der Waals surface area contributed by atoms with Crippen molar-refractivity contribution in [2.75, 3.05) is 4.90 Å². The van der Waals surface area contributed by atoms with Crippen LogP contribution in [0.15, 0.2) is 73.0 Å². The number of benzene rings is 2. The first-order valence-electron chi connectivity index (χ1n) is 6.71. The van der Waals surface area contributed by atoms with Gasteiger partial charge in [-0.15, -0.1) is 5.73 Å². The molecule has 0 aromatic heterocycles. The van der Waals surface area contributed by atoms with Crippen LogP contribution in [-0.4, -0.2) is 11.0 Å². The second-order valence-electron chi connectivity index (χ2n) is 5.01. The van der Waals surface area contributed by atoms with Crippen molar-refractivity contribution >= 4 is 11.6 Å². The van der Waals surface area contributed by atoms with Gasteiger partial charge in [0.05, 0.1) is 12.2 Å². The van der Waals surface area contributed by atoms with E-state index in [1.54, 1.807) is 17.0 Å². The molecule has 0 fully saturated rings. The Labute approximate surface area is 123 Å². The monoisotopic (exact) mass is 277 g/mol. The number of para-hydroxylation sites is 1. The van der Waals surface area contributed by atoms with Gasteiger partial charge in [-0.3, -0.25) is 4.79 Å². The summed E-state index contributed by atoms with van der Waals surface area (Å²) in [6.07, 6.45) is 1.32. The smallest absolute Gasteiger partial charge is 0.268 e. The Bertz CT molecular complexity index is 732. The molecule has 1 amide bonds. The Kier molecular flexibility index (Phi) is 3.22.